The first-order chi connectivity index (χ1) is 6.33. The molecule has 1 rings (SSSR count). The Morgan fingerprint density at radius 3 is 2.69 bits per heavy atom. The van der Waals surface area contributed by atoms with Gasteiger partial charge in [-0.05, 0) is 12.1 Å². The number of nitriles is 1. The topological polar surface area (TPSA) is 71.3 Å². The molecule has 6 heteroatoms. The van der Waals surface area contributed by atoms with E-state index in [4.69, 9.17) is 9.79 Å². The highest BCUT2D eigenvalue weighted by molar-refractivity contribution is 7.33. The lowest BCUT2D eigenvalue weighted by Gasteiger charge is -2.03. The van der Waals surface area contributed by atoms with Gasteiger partial charge < -0.3 is 4.52 Å². The van der Waals surface area contributed by atoms with E-state index in [9.17, 15) is 4.57 Å². The van der Waals surface area contributed by atoms with E-state index in [0.717, 1.165) is 0 Å². The van der Waals surface area contributed by atoms with E-state index >= 15 is 0 Å². The van der Waals surface area contributed by atoms with E-state index in [2.05, 4.69) is 4.62 Å². The van der Waals surface area contributed by atoms with Gasteiger partial charge in [-0.3, -0.25) is 0 Å². The molecular formula is C7H7N2O3P. The van der Waals surface area contributed by atoms with Crippen molar-refractivity contribution in [3.05, 3.63) is 30.3 Å². The lowest BCUT2D eigenvalue weighted by molar-refractivity contribution is 0.231. The Labute approximate surface area is 75.8 Å². The van der Waals surface area contributed by atoms with Gasteiger partial charge in [0.1, 0.15) is 5.75 Å². The van der Waals surface area contributed by atoms with Crippen molar-refractivity contribution in [1.29, 1.82) is 5.26 Å². The summed E-state index contributed by atoms with van der Waals surface area (Å²) in [6, 6.07) is 8.56. The van der Waals surface area contributed by atoms with Crippen molar-refractivity contribution in [3.63, 3.8) is 0 Å². The van der Waals surface area contributed by atoms with Crippen LogP contribution in [0.1, 0.15) is 0 Å². The average Bonchev–Trinajstić information content (AvgIpc) is 2.16. The van der Waals surface area contributed by atoms with Crippen LogP contribution in [0.15, 0.2) is 30.3 Å². The quantitative estimate of drug-likeness (QED) is 0.343. The summed E-state index contributed by atoms with van der Waals surface area (Å²) in [5.41, 5.74) is 1.78. The van der Waals surface area contributed by atoms with Gasteiger partial charge >= 0.3 is 8.25 Å². The lowest BCUT2D eigenvalue weighted by Crippen LogP contribution is -2.01. The molecular weight excluding hydrogens is 191 g/mol. The van der Waals surface area contributed by atoms with Crippen LogP contribution >= 0.6 is 8.25 Å². The predicted octanol–water partition coefficient (Wildman–Crippen LogP) is 1.46. The van der Waals surface area contributed by atoms with Crippen molar-refractivity contribution in [3.8, 4) is 11.9 Å². The van der Waals surface area contributed by atoms with Crippen molar-refractivity contribution >= 4 is 8.25 Å². The van der Waals surface area contributed by atoms with Crippen molar-refractivity contribution < 1.29 is 13.7 Å². The third kappa shape index (κ3) is 3.61. The van der Waals surface area contributed by atoms with Crippen LogP contribution in [0.25, 0.3) is 0 Å². The zero-order chi connectivity index (χ0) is 9.52. The first kappa shape index (κ1) is 9.59. The summed E-state index contributed by atoms with van der Waals surface area (Å²) in [5, 5.41) is 8.02. The molecule has 0 amide bonds. The van der Waals surface area contributed by atoms with E-state index in [0.29, 0.717) is 5.75 Å². The maximum atomic E-state index is 10.9. The molecule has 1 N–H and O–H groups in total. The molecule has 0 bridgehead atoms. The van der Waals surface area contributed by atoms with Gasteiger partial charge in [-0.15, -0.1) is 0 Å². The fourth-order valence-corrected chi connectivity index (χ4v) is 1.17. The maximum Gasteiger partial charge on any atom is 0.389 e. The largest absolute Gasteiger partial charge is 0.425 e. The van der Waals surface area contributed by atoms with E-state index in [1.807, 2.05) is 0 Å². The normalized spacial score (nSPS) is 11.3. The molecule has 0 aliphatic carbocycles. The molecule has 68 valence electrons. The molecule has 0 heterocycles. The summed E-state index contributed by atoms with van der Waals surface area (Å²) in [6.07, 6.45) is 1.46. The molecule has 0 saturated carbocycles. The van der Waals surface area contributed by atoms with Crippen LogP contribution in [0.4, 0.5) is 0 Å². The Morgan fingerprint density at radius 2 is 2.08 bits per heavy atom. The summed E-state index contributed by atoms with van der Waals surface area (Å²) in [6.45, 7) is 0. The number of hydroxylamine groups is 1. The second-order valence-corrected chi connectivity index (χ2v) is 2.89. The molecule has 0 spiro atoms. The van der Waals surface area contributed by atoms with Crippen LogP contribution in [0, 0.1) is 11.5 Å². The van der Waals surface area contributed by atoms with E-state index in [1.54, 1.807) is 35.8 Å². The molecule has 1 atom stereocenters. The number of nitrogens with zero attached hydrogens (tertiary/aromatic N) is 1. The van der Waals surface area contributed by atoms with Crippen LogP contribution < -0.4 is 10.0 Å². The van der Waals surface area contributed by atoms with Crippen LogP contribution in [0.2, 0.25) is 0 Å². The molecule has 1 unspecified atom stereocenters. The zero-order valence-corrected chi connectivity index (χ0v) is 7.56. The van der Waals surface area contributed by atoms with Gasteiger partial charge in [0.15, 0.2) is 0 Å². The minimum Gasteiger partial charge on any atom is -0.425 e. The molecule has 1 aromatic carbocycles. The second kappa shape index (κ2) is 5.20. The van der Waals surface area contributed by atoms with Gasteiger partial charge in [0, 0.05) is 0 Å². The minimum absolute atomic E-state index is 0.436. The summed E-state index contributed by atoms with van der Waals surface area (Å²) in [4.78, 5) is 0. The third-order valence-electron chi connectivity index (χ3n) is 1.12. The van der Waals surface area contributed by atoms with Crippen LogP contribution in [-0.2, 0) is 9.19 Å². The van der Waals surface area contributed by atoms with Gasteiger partial charge in [0.25, 0.3) is 0 Å². The molecule has 0 aromatic heterocycles. The van der Waals surface area contributed by atoms with Gasteiger partial charge in [0.2, 0.25) is 6.19 Å². The zero-order valence-electron chi connectivity index (χ0n) is 6.56. The van der Waals surface area contributed by atoms with E-state index in [-0.39, 0.29) is 0 Å². The summed E-state index contributed by atoms with van der Waals surface area (Å²) < 4.78 is 20.0. The lowest BCUT2D eigenvalue weighted by atomic mass is 10.3. The monoisotopic (exact) mass is 198 g/mol. The Balaban J connectivity index is 2.42. The number of rotatable bonds is 4. The fraction of sp³-hybridized carbons (Fsp3) is 0. The summed E-state index contributed by atoms with van der Waals surface area (Å²) >= 11 is 0. The molecule has 13 heavy (non-hydrogen) atoms. The first-order valence-corrected chi connectivity index (χ1v) is 4.63. The van der Waals surface area contributed by atoms with Crippen LogP contribution in [0.5, 0.6) is 5.75 Å². The first-order valence-electron chi connectivity index (χ1n) is 3.40. The summed E-state index contributed by atoms with van der Waals surface area (Å²) in [7, 11) is -2.69. The SMILES string of the molecule is N#CNO[PH](=O)Oc1ccccc1. The van der Waals surface area contributed by atoms with Crippen molar-refractivity contribution in [2.75, 3.05) is 0 Å². The second-order valence-electron chi connectivity index (χ2n) is 1.98. The van der Waals surface area contributed by atoms with Crippen molar-refractivity contribution in [2.45, 2.75) is 0 Å². The van der Waals surface area contributed by atoms with Gasteiger partial charge in [0.05, 0.1) is 0 Å². The highest BCUT2D eigenvalue weighted by Crippen LogP contribution is 2.25. The number of para-hydroxylation sites is 1. The minimum atomic E-state index is -2.69. The Hall–Kier alpha value is -1.50. The molecule has 0 aliphatic rings. The number of hydrogen-bond donors (Lipinski definition) is 1. The number of benzene rings is 1. The maximum absolute atomic E-state index is 10.9. The number of hydrogen-bond acceptors (Lipinski definition) is 5. The van der Waals surface area contributed by atoms with Crippen LogP contribution in [-0.4, -0.2) is 0 Å². The van der Waals surface area contributed by atoms with Crippen molar-refractivity contribution in [1.82, 2.24) is 5.48 Å². The molecule has 0 saturated heterocycles. The number of nitrogens with one attached hydrogen (secondary N) is 1. The predicted molar refractivity (Wildman–Crippen MR) is 45.9 cm³/mol. The van der Waals surface area contributed by atoms with Gasteiger partial charge in [-0.25, -0.2) is 4.57 Å². The average molecular weight is 198 g/mol. The van der Waals surface area contributed by atoms with Gasteiger partial charge in [-0.2, -0.15) is 15.4 Å². The smallest absolute Gasteiger partial charge is 0.389 e. The third-order valence-corrected chi connectivity index (χ3v) is 1.80. The fourth-order valence-electron chi connectivity index (χ4n) is 0.670. The molecule has 5 nitrogen and oxygen atoms in total. The summed E-state index contributed by atoms with van der Waals surface area (Å²) in [5.74, 6) is 0.436. The molecule has 0 radical (unpaired) electrons. The van der Waals surface area contributed by atoms with E-state index < -0.39 is 8.25 Å². The highest BCUT2D eigenvalue weighted by atomic mass is 31.1. The molecule has 1 aromatic rings. The Bertz CT molecular complexity index is 322. The van der Waals surface area contributed by atoms with Crippen molar-refractivity contribution in [2.24, 2.45) is 0 Å². The molecule has 0 aliphatic heterocycles. The standard InChI is InChI=1S/C7H7N2O3P/c8-6-9-12-13(10)11-7-4-2-1-3-5-7/h1-5,9,13H. The van der Waals surface area contributed by atoms with E-state index in [1.165, 1.54) is 6.19 Å². The van der Waals surface area contributed by atoms with Gasteiger partial charge in [-0.1, -0.05) is 18.2 Å². The molecule has 0 fully saturated rings. The Morgan fingerprint density at radius 1 is 1.38 bits per heavy atom. The highest BCUT2D eigenvalue weighted by Gasteiger charge is 1.99. The van der Waals surface area contributed by atoms with Crippen LogP contribution in [0.3, 0.4) is 0 Å². The Kier molecular flexibility index (Phi) is 3.83.